The monoisotopic (exact) mass is 429 g/mol. The summed E-state index contributed by atoms with van der Waals surface area (Å²) in [6, 6.07) is 14.4. The van der Waals surface area contributed by atoms with Gasteiger partial charge in [-0.15, -0.1) is 0 Å². The van der Waals surface area contributed by atoms with Crippen LogP contribution in [0.15, 0.2) is 93.3 Å². The lowest BCUT2D eigenvalue weighted by atomic mass is 10.00. The van der Waals surface area contributed by atoms with E-state index < -0.39 is 5.97 Å². The number of fused-ring (bicyclic) bond motifs is 1. The van der Waals surface area contributed by atoms with E-state index in [0.717, 1.165) is 22.3 Å². The highest BCUT2D eigenvalue weighted by molar-refractivity contribution is 5.91. The van der Waals surface area contributed by atoms with Crippen LogP contribution >= 0.6 is 0 Å². The van der Waals surface area contributed by atoms with E-state index in [1.54, 1.807) is 6.08 Å². The molecule has 0 aliphatic carbocycles. The molecule has 3 rings (SSSR count). The molecule has 5 nitrogen and oxygen atoms in total. The average molecular weight is 430 g/mol. The maximum absolute atomic E-state index is 12.9. The molecule has 3 aromatic rings. The summed E-state index contributed by atoms with van der Waals surface area (Å²) in [6.45, 7) is 11.4. The van der Waals surface area contributed by atoms with Gasteiger partial charge < -0.3 is 14.8 Å². The molecule has 0 bridgehead atoms. The van der Waals surface area contributed by atoms with E-state index in [9.17, 15) is 14.7 Å². The zero-order chi connectivity index (χ0) is 23.4. The van der Waals surface area contributed by atoms with Crippen LogP contribution in [0.2, 0.25) is 0 Å². The summed E-state index contributed by atoms with van der Waals surface area (Å²) in [4.78, 5) is 24.5. The molecule has 1 atom stereocenters. The number of nitrogens with one attached hydrogen (secondary N) is 1. The third-order valence-corrected chi connectivity index (χ3v) is 5.07. The van der Waals surface area contributed by atoms with Gasteiger partial charge >= 0.3 is 5.97 Å². The first-order chi connectivity index (χ1) is 15.2. The smallest absolute Gasteiger partial charge is 0.337 e. The maximum atomic E-state index is 12.9. The van der Waals surface area contributed by atoms with Crippen molar-refractivity contribution in [1.82, 2.24) is 5.32 Å². The Hall–Kier alpha value is -3.86. The van der Waals surface area contributed by atoms with E-state index in [2.05, 4.69) is 11.9 Å². The molecule has 1 unspecified atom stereocenters. The Balaban J connectivity index is 2.14. The number of carboxylic acid groups (broad SMARTS) is 1. The van der Waals surface area contributed by atoms with Gasteiger partial charge in [0.05, 0.1) is 17.0 Å². The number of hydrogen-bond donors (Lipinski definition) is 2. The van der Waals surface area contributed by atoms with Crippen LogP contribution in [0.3, 0.4) is 0 Å². The van der Waals surface area contributed by atoms with Crippen molar-refractivity contribution in [2.75, 3.05) is 0 Å². The molecule has 0 fully saturated rings. The Morgan fingerprint density at radius 1 is 1.12 bits per heavy atom. The minimum absolute atomic E-state index is 0.0438. The Labute approximate surface area is 187 Å². The molecule has 5 heteroatoms. The Kier molecular flexibility index (Phi) is 6.79. The van der Waals surface area contributed by atoms with Crippen molar-refractivity contribution in [3.8, 4) is 11.3 Å². The normalized spacial score (nSPS) is 12.3. The van der Waals surface area contributed by atoms with Gasteiger partial charge in [-0.2, -0.15) is 0 Å². The third kappa shape index (κ3) is 5.06. The Morgan fingerprint density at radius 2 is 1.81 bits per heavy atom. The van der Waals surface area contributed by atoms with Crippen LogP contribution in [0.25, 0.3) is 22.3 Å². The van der Waals surface area contributed by atoms with Crippen LogP contribution in [0, 0.1) is 6.92 Å². The molecule has 2 N–H and O–H groups in total. The van der Waals surface area contributed by atoms with Crippen molar-refractivity contribution in [3.05, 3.63) is 105 Å². The van der Waals surface area contributed by atoms with Crippen LogP contribution in [-0.2, 0) is 4.79 Å². The highest BCUT2D eigenvalue weighted by Gasteiger charge is 2.19. The van der Waals surface area contributed by atoms with Gasteiger partial charge in [0.2, 0.25) is 0 Å². The molecule has 0 radical (unpaired) electrons. The number of carbonyl (C=O) groups is 1. The van der Waals surface area contributed by atoms with Gasteiger partial charge in [-0.1, -0.05) is 54.6 Å². The topological polar surface area (TPSA) is 79.5 Å². The van der Waals surface area contributed by atoms with Crippen molar-refractivity contribution < 1.29 is 14.3 Å². The van der Waals surface area contributed by atoms with Crippen LogP contribution in [-0.4, -0.2) is 11.1 Å². The fourth-order valence-electron chi connectivity index (χ4n) is 3.41. The number of rotatable bonds is 7. The first-order valence-electron chi connectivity index (χ1n) is 10.4. The second-order valence-electron chi connectivity index (χ2n) is 8.05. The van der Waals surface area contributed by atoms with Crippen LogP contribution < -0.4 is 10.7 Å². The van der Waals surface area contributed by atoms with Crippen molar-refractivity contribution in [2.45, 2.75) is 33.7 Å². The van der Waals surface area contributed by atoms with Gasteiger partial charge in [-0.25, -0.2) is 4.79 Å². The molecule has 0 aliphatic rings. The molecule has 0 spiro atoms. The van der Waals surface area contributed by atoms with Crippen molar-refractivity contribution >= 4 is 16.9 Å². The Morgan fingerprint density at radius 3 is 2.44 bits per heavy atom. The molecule has 32 heavy (non-hydrogen) atoms. The van der Waals surface area contributed by atoms with E-state index >= 15 is 0 Å². The minimum atomic E-state index is -1.11. The number of benzene rings is 2. The van der Waals surface area contributed by atoms with E-state index in [-0.39, 0.29) is 17.0 Å². The number of carboxylic acids is 1. The number of hydrogen-bond acceptors (Lipinski definition) is 4. The largest absolute Gasteiger partial charge is 0.478 e. The standard InChI is InChI=1S/C27H27NO4/c1-16(2)11-12-23(18(4)27(30)31)28-19(5)21-13-17(3)14-22-24(29)15-25(32-26(21)22)20-9-7-6-8-10-20/h6-15,19,28H,4H2,1-3,5H3,(H,30,31)/b23-12+. The van der Waals surface area contributed by atoms with Gasteiger partial charge in [-0.05, 0) is 45.4 Å². The molecular formula is C27H27NO4. The van der Waals surface area contributed by atoms with Crippen molar-refractivity contribution in [3.63, 3.8) is 0 Å². The number of aryl methyl sites for hydroxylation is 1. The lowest BCUT2D eigenvalue weighted by Gasteiger charge is -2.20. The summed E-state index contributed by atoms with van der Waals surface area (Å²) in [7, 11) is 0. The maximum Gasteiger partial charge on any atom is 0.337 e. The van der Waals surface area contributed by atoms with E-state index in [4.69, 9.17) is 4.42 Å². The lowest BCUT2D eigenvalue weighted by Crippen LogP contribution is -2.22. The highest BCUT2D eigenvalue weighted by atomic mass is 16.4. The van der Waals surface area contributed by atoms with Crippen LogP contribution in [0.5, 0.6) is 0 Å². The minimum Gasteiger partial charge on any atom is -0.478 e. The van der Waals surface area contributed by atoms with Crippen molar-refractivity contribution in [1.29, 1.82) is 0 Å². The first-order valence-corrected chi connectivity index (χ1v) is 10.4. The summed E-state index contributed by atoms with van der Waals surface area (Å²) in [5, 5.41) is 13.2. The predicted octanol–water partition coefficient (Wildman–Crippen LogP) is 5.91. The predicted molar refractivity (Wildman–Crippen MR) is 128 cm³/mol. The second-order valence-corrected chi connectivity index (χ2v) is 8.05. The number of allylic oxidation sites excluding steroid dienone is 3. The summed E-state index contributed by atoms with van der Waals surface area (Å²) in [5.74, 6) is -0.624. The zero-order valence-electron chi connectivity index (χ0n) is 18.7. The fourth-order valence-corrected chi connectivity index (χ4v) is 3.41. The van der Waals surface area contributed by atoms with E-state index in [1.165, 1.54) is 6.07 Å². The zero-order valence-corrected chi connectivity index (χ0v) is 18.7. The van der Waals surface area contributed by atoms with E-state index in [0.29, 0.717) is 22.4 Å². The molecule has 0 aliphatic heterocycles. The van der Waals surface area contributed by atoms with Gasteiger partial charge in [0, 0.05) is 22.9 Å². The molecule has 164 valence electrons. The van der Waals surface area contributed by atoms with Crippen LogP contribution in [0.4, 0.5) is 0 Å². The molecule has 0 amide bonds. The van der Waals surface area contributed by atoms with Gasteiger partial charge in [0.1, 0.15) is 11.3 Å². The van der Waals surface area contributed by atoms with Gasteiger partial charge in [0.25, 0.3) is 0 Å². The molecule has 0 saturated carbocycles. The fraction of sp³-hybridized carbons (Fsp3) is 0.185. The SMILES string of the molecule is C=C(C(=O)O)/C(=C\C=C(C)C)NC(C)c1cc(C)cc2c(=O)cc(-c3ccccc3)oc12. The average Bonchev–Trinajstić information content (AvgIpc) is 2.76. The first kappa shape index (κ1) is 22.8. The molecule has 1 aromatic heterocycles. The summed E-state index contributed by atoms with van der Waals surface area (Å²) in [5.41, 5.74) is 4.20. The van der Waals surface area contributed by atoms with E-state index in [1.807, 2.05) is 76.2 Å². The lowest BCUT2D eigenvalue weighted by molar-refractivity contribution is -0.132. The van der Waals surface area contributed by atoms with Crippen LogP contribution in [0.1, 0.15) is 37.9 Å². The summed E-state index contributed by atoms with van der Waals surface area (Å²) >= 11 is 0. The molecule has 2 aromatic carbocycles. The number of aliphatic carboxylic acids is 1. The molecule has 0 saturated heterocycles. The summed E-state index contributed by atoms with van der Waals surface area (Å²) < 4.78 is 6.21. The molecular weight excluding hydrogens is 402 g/mol. The van der Waals surface area contributed by atoms with Gasteiger partial charge in [0.15, 0.2) is 5.43 Å². The third-order valence-electron chi connectivity index (χ3n) is 5.07. The van der Waals surface area contributed by atoms with Gasteiger partial charge in [-0.3, -0.25) is 4.79 Å². The Bertz CT molecular complexity index is 1290. The quantitative estimate of drug-likeness (QED) is 0.360. The second kappa shape index (κ2) is 9.52. The molecule has 1 heterocycles. The van der Waals surface area contributed by atoms with Crippen molar-refractivity contribution in [2.24, 2.45) is 0 Å². The highest BCUT2D eigenvalue weighted by Crippen LogP contribution is 2.29. The summed E-state index contributed by atoms with van der Waals surface area (Å²) in [6.07, 6.45) is 3.52.